The number of nitrogens with one attached hydrogen (secondary N) is 2. The summed E-state index contributed by atoms with van der Waals surface area (Å²) in [6.45, 7) is 3.84. The molecule has 166 valence electrons. The number of aromatic nitrogens is 2. The van der Waals surface area contributed by atoms with Crippen molar-refractivity contribution in [1.82, 2.24) is 15.3 Å². The minimum absolute atomic E-state index is 0.228. The Labute approximate surface area is 184 Å². The van der Waals surface area contributed by atoms with Gasteiger partial charge in [-0.3, -0.25) is 9.52 Å². The summed E-state index contributed by atoms with van der Waals surface area (Å²) in [5.41, 5.74) is 1.79. The average Bonchev–Trinajstić information content (AvgIpc) is 3.03. The fraction of sp³-hybridized carbons (Fsp3) is 0.350. The van der Waals surface area contributed by atoms with E-state index < -0.39 is 16.1 Å². The Morgan fingerprint density at radius 1 is 1.23 bits per heavy atom. The zero-order valence-electron chi connectivity index (χ0n) is 17.8. The predicted octanol–water partition coefficient (Wildman–Crippen LogP) is 3.02. The third-order valence-corrected chi connectivity index (χ3v) is 6.32. The maximum Gasteiger partial charge on any atom is 0.262 e. The van der Waals surface area contributed by atoms with Crippen molar-refractivity contribution in [3.8, 4) is 5.88 Å². The number of thiophene rings is 1. The van der Waals surface area contributed by atoms with Crippen molar-refractivity contribution < 1.29 is 22.7 Å². The van der Waals surface area contributed by atoms with Gasteiger partial charge in [0, 0.05) is 7.11 Å². The maximum atomic E-state index is 13.1. The minimum atomic E-state index is -3.45. The SMILES string of the molecule is COCc1nc(OC)c2c(C)c(C(=O)NC(C)c3ccccc3NS(C)(=O)=O)sc2n1. The second-order valence-electron chi connectivity index (χ2n) is 6.98. The molecule has 0 saturated carbocycles. The van der Waals surface area contributed by atoms with Gasteiger partial charge in [-0.05, 0) is 31.0 Å². The molecule has 2 aromatic heterocycles. The van der Waals surface area contributed by atoms with Crippen LogP contribution >= 0.6 is 11.3 Å². The van der Waals surface area contributed by atoms with Crippen LogP contribution in [0.25, 0.3) is 10.2 Å². The number of rotatable bonds is 8. The van der Waals surface area contributed by atoms with E-state index in [0.29, 0.717) is 43.6 Å². The number of nitrogens with zero attached hydrogens (tertiary/aromatic N) is 2. The number of sulfonamides is 1. The van der Waals surface area contributed by atoms with Gasteiger partial charge < -0.3 is 14.8 Å². The van der Waals surface area contributed by atoms with Crippen molar-refractivity contribution >= 4 is 43.2 Å². The summed E-state index contributed by atoms with van der Waals surface area (Å²) in [5, 5.41) is 3.63. The van der Waals surface area contributed by atoms with Crippen LogP contribution in [-0.2, 0) is 21.4 Å². The van der Waals surface area contributed by atoms with Crippen LogP contribution in [-0.4, -0.2) is 44.8 Å². The summed E-state index contributed by atoms with van der Waals surface area (Å²) in [6, 6.07) is 6.49. The van der Waals surface area contributed by atoms with Gasteiger partial charge in [-0.1, -0.05) is 18.2 Å². The fourth-order valence-corrected chi connectivity index (χ4v) is 4.89. The number of anilines is 1. The number of carbonyl (C=O) groups is 1. The summed E-state index contributed by atoms with van der Waals surface area (Å²) in [6.07, 6.45) is 1.08. The molecule has 1 amide bonds. The zero-order valence-corrected chi connectivity index (χ0v) is 19.5. The third-order valence-electron chi connectivity index (χ3n) is 4.55. The van der Waals surface area contributed by atoms with E-state index >= 15 is 0 Å². The maximum absolute atomic E-state index is 13.1. The molecule has 1 aromatic carbocycles. The van der Waals surface area contributed by atoms with E-state index in [2.05, 4.69) is 20.0 Å². The van der Waals surface area contributed by atoms with E-state index in [-0.39, 0.29) is 12.5 Å². The first-order chi connectivity index (χ1) is 14.6. The number of fused-ring (bicyclic) bond motifs is 1. The highest BCUT2D eigenvalue weighted by atomic mass is 32.2. The van der Waals surface area contributed by atoms with Crippen molar-refractivity contribution in [3.63, 3.8) is 0 Å². The molecule has 0 saturated heterocycles. The van der Waals surface area contributed by atoms with Crippen LogP contribution in [0.3, 0.4) is 0 Å². The van der Waals surface area contributed by atoms with Gasteiger partial charge in [0.05, 0.1) is 35.4 Å². The molecule has 0 aliphatic heterocycles. The van der Waals surface area contributed by atoms with Crippen LogP contribution < -0.4 is 14.8 Å². The highest BCUT2D eigenvalue weighted by molar-refractivity contribution is 7.92. The van der Waals surface area contributed by atoms with Crippen LogP contribution in [0.1, 0.15) is 39.6 Å². The molecule has 11 heteroatoms. The van der Waals surface area contributed by atoms with E-state index in [1.54, 1.807) is 38.3 Å². The average molecular weight is 465 g/mol. The van der Waals surface area contributed by atoms with E-state index in [1.807, 2.05) is 6.92 Å². The molecule has 0 aliphatic carbocycles. The van der Waals surface area contributed by atoms with Gasteiger partial charge >= 0.3 is 0 Å². The normalized spacial score (nSPS) is 12.5. The number of amides is 1. The van der Waals surface area contributed by atoms with Gasteiger partial charge in [0.1, 0.15) is 11.4 Å². The third kappa shape index (κ3) is 5.12. The van der Waals surface area contributed by atoms with E-state index in [9.17, 15) is 13.2 Å². The number of hydrogen-bond acceptors (Lipinski definition) is 8. The molecule has 0 radical (unpaired) electrons. The van der Waals surface area contributed by atoms with E-state index in [0.717, 1.165) is 6.26 Å². The molecule has 0 bridgehead atoms. The van der Waals surface area contributed by atoms with Gasteiger partial charge in [0.25, 0.3) is 5.91 Å². The first kappa shape index (κ1) is 22.9. The molecule has 1 atom stereocenters. The van der Waals surface area contributed by atoms with Crippen molar-refractivity contribution in [1.29, 1.82) is 0 Å². The van der Waals surface area contributed by atoms with Crippen LogP contribution in [0.2, 0.25) is 0 Å². The van der Waals surface area contributed by atoms with Gasteiger partial charge in [-0.25, -0.2) is 13.4 Å². The Kier molecular flexibility index (Phi) is 6.77. The monoisotopic (exact) mass is 464 g/mol. The van der Waals surface area contributed by atoms with E-state index in [4.69, 9.17) is 9.47 Å². The number of hydrogen-bond donors (Lipinski definition) is 2. The first-order valence-electron chi connectivity index (χ1n) is 9.35. The van der Waals surface area contributed by atoms with Gasteiger partial charge in [0.2, 0.25) is 15.9 Å². The molecule has 9 nitrogen and oxygen atoms in total. The molecule has 0 fully saturated rings. The topological polar surface area (TPSA) is 120 Å². The molecule has 3 rings (SSSR count). The molecule has 0 aliphatic rings. The Bertz CT molecular complexity index is 1220. The lowest BCUT2D eigenvalue weighted by Crippen LogP contribution is -2.27. The number of ether oxygens (including phenoxy) is 2. The van der Waals surface area contributed by atoms with Crippen molar-refractivity contribution in [2.75, 3.05) is 25.2 Å². The van der Waals surface area contributed by atoms with Crippen LogP contribution in [0.4, 0.5) is 5.69 Å². The summed E-state index contributed by atoms with van der Waals surface area (Å²) >= 11 is 1.24. The summed E-state index contributed by atoms with van der Waals surface area (Å²) in [7, 11) is -0.386. The molecule has 3 aromatic rings. The van der Waals surface area contributed by atoms with Crippen molar-refractivity contribution in [3.05, 3.63) is 46.1 Å². The number of para-hydroxylation sites is 1. The summed E-state index contributed by atoms with van der Waals surface area (Å²) in [5.74, 6) is 0.562. The molecule has 2 N–H and O–H groups in total. The highest BCUT2D eigenvalue weighted by Crippen LogP contribution is 2.35. The Morgan fingerprint density at radius 3 is 2.58 bits per heavy atom. The molecular weight excluding hydrogens is 440 g/mol. The van der Waals surface area contributed by atoms with Crippen LogP contribution in [0, 0.1) is 6.92 Å². The first-order valence-corrected chi connectivity index (χ1v) is 12.1. The number of benzene rings is 1. The van der Waals surface area contributed by atoms with Gasteiger partial charge in [0.15, 0.2) is 5.82 Å². The smallest absolute Gasteiger partial charge is 0.262 e. The largest absolute Gasteiger partial charge is 0.480 e. The van der Waals surface area contributed by atoms with Crippen molar-refractivity contribution in [2.24, 2.45) is 0 Å². The van der Waals surface area contributed by atoms with E-state index in [1.165, 1.54) is 18.4 Å². The Hall–Kier alpha value is -2.76. The molecule has 1 unspecified atom stereocenters. The summed E-state index contributed by atoms with van der Waals surface area (Å²) in [4.78, 5) is 23.0. The molecular formula is C20H24N4O5S2. The predicted molar refractivity (Wildman–Crippen MR) is 120 cm³/mol. The lowest BCUT2D eigenvalue weighted by atomic mass is 10.1. The summed E-state index contributed by atoms with van der Waals surface area (Å²) < 4.78 is 36.3. The number of carbonyl (C=O) groups excluding carboxylic acids is 1. The highest BCUT2D eigenvalue weighted by Gasteiger charge is 2.23. The second-order valence-corrected chi connectivity index (χ2v) is 9.72. The standard InChI is InChI=1S/C20H24N4O5S2/c1-11-16-19(29-4)22-15(10-28-3)23-20(16)30-17(11)18(25)21-12(2)13-8-6-7-9-14(13)24-31(5,26)27/h6-9,12,24H,10H2,1-5H3,(H,21,25). The van der Waals surface area contributed by atoms with Crippen LogP contribution in [0.5, 0.6) is 5.88 Å². The Balaban J connectivity index is 1.93. The van der Waals surface area contributed by atoms with Crippen molar-refractivity contribution in [2.45, 2.75) is 26.5 Å². The molecule has 2 heterocycles. The number of aryl methyl sites for hydroxylation is 1. The quantitative estimate of drug-likeness (QED) is 0.526. The van der Waals surface area contributed by atoms with Crippen LogP contribution in [0.15, 0.2) is 24.3 Å². The molecule has 0 spiro atoms. The lowest BCUT2D eigenvalue weighted by Gasteiger charge is -2.18. The molecule has 31 heavy (non-hydrogen) atoms. The zero-order chi connectivity index (χ0) is 22.8. The van der Waals surface area contributed by atoms with Gasteiger partial charge in [-0.2, -0.15) is 4.98 Å². The fourth-order valence-electron chi connectivity index (χ4n) is 3.21. The Morgan fingerprint density at radius 2 is 1.94 bits per heavy atom. The second kappa shape index (κ2) is 9.16. The number of methoxy groups -OCH3 is 2. The minimum Gasteiger partial charge on any atom is -0.480 e. The van der Waals surface area contributed by atoms with Gasteiger partial charge in [-0.15, -0.1) is 11.3 Å². The lowest BCUT2D eigenvalue weighted by molar-refractivity contribution is 0.0943.